The van der Waals surface area contributed by atoms with Crippen LogP contribution in [0.3, 0.4) is 0 Å². The Morgan fingerprint density at radius 1 is 1.52 bits per heavy atom. The summed E-state index contributed by atoms with van der Waals surface area (Å²) in [6.45, 7) is 1.70. The second kappa shape index (κ2) is 6.95. The van der Waals surface area contributed by atoms with Crippen LogP contribution in [0.4, 0.5) is 10.1 Å². The Kier molecular flexibility index (Phi) is 5.20. The first kappa shape index (κ1) is 17.2. The van der Waals surface area contributed by atoms with Crippen LogP contribution < -0.4 is 10.2 Å². The van der Waals surface area contributed by atoms with E-state index >= 15 is 0 Å². The zero-order valence-corrected chi connectivity index (χ0v) is 13.1. The van der Waals surface area contributed by atoms with E-state index in [2.05, 4.69) is 5.32 Å². The van der Waals surface area contributed by atoms with E-state index in [0.717, 1.165) is 6.07 Å². The van der Waals surface area contributed by atoms with Gasteiger partial charge in [-0.25, -0.2) is 4.39 Å². The summed E-state index contributed by atoms with van der Waals surface area (Å²) < 4.78 is 13.5. The molecule has 124 valence electrons. The van der Waals surface area contributed by atoms with Crippen LogP contribution in [0, 0.1) is 11.7 Å². The fourth-order valence-corrected chi connectivity index (χ4v) is 2.58. The van der Waals surface area contributed by atoms with Crippen LogP contribution in [-0.2, 0) is 14.4 Å². The van der Waals surface area contributed by atoms with Crippen molar-refractivity contribution in [2.24, 2.45) is 5.92 Å². The topological polar surface area (TPSA) is 86.7 Å². The van der Waals surface area contributed by atoms with Crippen molar-refractivity contribution in [3.8, 4) is 0 Å². The number of hydrogen-bond acceptors (Lipinski definition) is 3. The minimum atomic E-state index is -1.02. The molecule has 0 radical (unpaired) electrons. The van der Waals surface area contributed by atoms with Gasteiger partial charge in [-0.1, -0.05) is 11.6 Å². The van der Waals surface area contributed by atoms with Crippen LogP contribution in [0.5, 0.6) is 0 Å². The Bertz CT molecular complexity index is 652. The number of aliphatic carboxylic acids is 1. The quantitative estimate of drug-likeness (QED) is 0.854. The molecule has 1 heterocycles. The first-order chi connectivity index (χ1) is 10.8. The van der Waals surface area contributed by atoms with E-state index < -0.39 is 23.7 Å². The first-order valence-corrected chi connectivity index (χ1v) is 7.43. The Morgan fingerprint density at radius 3 is 2.83 bits per heavy atom. The molecule has 2 rings (SSSR count). The number of hydrogen-bond donors (Lipinski definition) is 2. The van der Waals surface area contributed by atoms with Crippen LogP contribution in [0.15, 0.2) is 18.2 Å². The van der Waals surface area contributed by atoms with Gasteiger partial charge in [-0.05, 0) is 25.1 Å². The molecular formula is C15H16ClFN2O4. The van der Waals surface area contributed by atoms with Crippen molar-refractivity contribution in [3.63, 3.8) is 0 Å². The van der Waals surface area contributed by atoms with E-state index in [9.17, 15) is 18.8 Å². The van der Waals surface area contributed by atoms with Gasteiger partial charge in [0.15, 0.2) is 0 Å². The minimum Gasteiger partial charge on any atom is -0.481 e. The van der Waals surface area contributed by atoms with Gasteiger partial charge in [0.2, 0.25) is 11.8 Å². The third-order valence-corrected chi connectivity index (χ3v) is 3.89. The zero-order valence-electron chi connectivity index (χ0n) is 12.4. The maximum absolute atomic E-state index is 13.5. The lowest BCUT2D eigenvalue weighted by atomic mass is 10.1. The standard InChI is InChI=1S/C15H16ClFN2O4/c1-8(4-14(21)22)18-15(23)9-5-13(20)19(7-9)10-2-3-11(16)12(17)6-10/h2-3,6,8-9H,4-5,7H2,1H3,(H,18,23)(H,21,22). The number of halogens is 2. The normalized spacial score (nSPS) is 18.8. The minimum absolute atomic E-state index is 0.00410. The van der Waals surface area contributed by atoms with Crippen molar-refractivity contribution in [1.29, 1.82) is 0 Å². The van der Waals surface area contributed by atoms with Gasteiger partial charge in [-0.15, -0.1) is 0 Å². The maximum Gasteiger partial charge on any atom is 0.305 e. The van der Waals surface area contributed by atoms with Crippen molar-refractivity contribution in [2.45, 2.75) is 25.8 Å². The van der Waals surface area contributed by atoms with E-state index in [1.807, 2.05) is 0 Å². The largest absolute Gasteiger partial charge is 0.481 e. The van der Waals surface area contributed by atoms with Crippen molar-refractivity contribution >= 4 is 35.1 Å². The smallest absolute Gasteiger partial charge is 0.305 e. The summed E-state index contributed by atoms with van der Waals surface area (Å²) in [4.78, 5) is 36.1. The zero-order chi connectivity index (χ0) is 17.1. The Balaban J connectivity index is 2.03. The second-order valence-corrected chi connectivity index (χ2v) is 5.92. The molecule has 0 aromatic heterocycles. The number of carbonyl (C=O) groups excluding carboxylic acids is 2. The van der Waals surface area contributed by atoms with Gasteiger partial charge >= 0.3 is 5.97 Å². The number of carbonyl (C=O) groups is 3. The number of nitrogens with one attached hydrogen (secondary N) is 1. The molecule has 1 aromatic carbocycles. The van der Waals surface area contributed by atoms with E-state index in [1.165, 1.54) is 17.0 Å². The van der Waals surface area contributed by atoms with Gasteiger partial charge in [0.1, 0.15) is 5.82 Å². The molecule has 2 amide bonds. The van der Waals surface area contributed by atoms with Crippen molar-refractivity contribution < 1.29 is 23.9 Å². The molecule has 23 heavy (non-hydrogen) atoms. The highest BCUT2D eigenvalue weighted by molar-refractivity contribution is 6.30. The molecule has 2 atom stereocenters. The third-order valence-electron chi connectivity index (χ3n) is 3.58. The summed E-state index contributed by atoms with van der Waals surface area (Å²) in [7, 11) is 0. The molecule has 0 bridgehead atoms. The molecule has 2 N–H and O–H groups in total. The van der Waals surface area contributed by atoms with Gasteiger partial charge in [0.05, 0.1) is 17.4 Å². The maximum atomic E-state index is 13.5. The lowest BCUT2D eigenvalue weighted by Gasteiger charge is -2.18. The molecule has 8 heteroatoms. The Hall–Kier alpha value is -2.15. The number of carboxylic acid groups (broad SMARTS) is 1. The average Bonchev–Trinajstić information content (AvgIpc) is 2.83. The number of amides is 2. The van der Waals surface area contributed by atoms with Gasteiger partial charge in [-0.3, -0.25) is 14.4 Å². The predicted molar refractivity (Wildman–Crippen MR) is 81.7 cm³/mol. The SMILES string of the molecule is CC(CC(=O)O)NC(=O)C1CC(=O)N(c2ccc(Cl)c(F)c2)C1. The summed E-state index contributed by atoms with van der Waals surface area (Å²) in [6, 6.07) is 3.48. The molecule has 1 aliphatic rings. The van der Waals surface area contributed by atoms with Gasteiger partial charge in [0.25, 0.3) is 0 Å². The highest BCUT2D eigenvalue weighted by Gasteiger charge is 2.35. The average molecular weight is 343 g/mol. The van der Waals surface area contributed by atoms with Crippen molar-refractivity contribution in [1.82, 2.24) is 5.32 Å². The summed E-state index contributed by atoms with van der Waals surface area (Å²) in [5, 5.41) is 11.2. The monoisotopic (exact) mass is 342 g/mol. The Labute approximate surface area is 137 Å². The number of rotatable bonds is 5. The molecular weight excluding hydrogens is 327 g/mol. The molecule has 0 aliphatic carbocycles. The van der Waals surface area contributed by atoms with Crippen LogP contribution in [0.1, 0.15) is 19.8 Å². The molecule has 0 spiro atoms. The van der Waals surface area contributed by atoms with Crippen LogP contribution in [-0.4, -0.2) is 35.5 Å². The molecule has 6 nitrogen and oxygen atoms in total. The van der Waals surface area contributed by atoms with Gasteiger partial charge in [-0.2, -0.15) is 0 Å². The van der Waals surface area contributed by atoms with E-state index in [1.54, 1.807) is 6.92 Å². The van der Waals surface area contributed by atoms with E-state index in [-0.39, 0.29) is 36.2 Å². The lowest BCUT2D eigenvalue weighted by molar-refractivity contribution is -0.137. The molecule has 1 aromatic rings. The van der Waals surface area contributed by atoms with E-state index in [0.29, 0.717) is 5.69 Å². The fourth-order valence-electron chi connectivity index (χ4n) is 2.46. The molecule has 2 unspecified atom stereocenters. The van der Waals surface area contributed by atoms with Gasteiger partial charge in [0, 0.05) is 24.7 Å². The first-order valence-electron chi connectivity index (χ1n) is 7.05. The van der Waals surface area contributed by atoms with Crippen LogP contribution >= 0.6 is 11.6 Å². The molecule has 0 saturated carbocycles. The Morgan fingerprint density at radius 2 is 2.22 bits per heavy atom. The summed E-state index contributed by atoms with van der Waals surface area (Å²) in [5.41, 5.74) is 0.339. The molecule has 1 saturated heterocycles. The number of benzene rings is 1. The van der Waals surface area contributed by atoms with Crippen molar-refractivity contribution in [3.05, 3.63) is 29.0 Å². The second-order valence-electron chi connectivity index (χ2n) is 5.51. The predicted octanol–water partition coefficient (Wildman–Crippen LogP) is 1.81. The molecule has 1 fully saturated rings. The molecule has 1 aliphatic heterocycles. The highest BCUT2D eigenvalue weighted by Crippen LogP contribution is 2.28. The van der Waals surface area contributed by atoms with E-state index in [4.69, 9.17) is 16.7 Å². The third kappa shape index (κ3) is 4.19. The summed E-state index contributed by atoms with van der Waals surface area (Å²) in [5.74, 6) is -2.93. The summed E-state index contributed by atoms with van der Waals surface area (Å²) >= 11 is 5.61. The van der Waals surface area contributed by atoms with Crippen LogP contribution in [0.25, 0.3) is 0 Å². The van der Waals surface area contributed by atoms with Crippen LogP contribution in [0.2, 0.25) is 5.02 Å². The lowest BCUT2D eigenvalue weighted by Crippen LogP contribution is -2.39. The van der Waals surface area contributed by atoms with Crippen molar-refractivity contribution in [2.75, 3.05) is 11.4 Å². The summed E-state index contributed by atoms with van der Waals surface area (Å²) in [6.07, 6.45) is -0.200. The highest BCUT2D eigenvalue weighted by atomic mass is 35.5. The number of carboxylic acids is 1. The number of anilines is 1. The number of nitrogens with zero attached hydrogens (tertiary/aromatic N) is 1. The van der Waals surface area contributed by atoms with Gasteiger partial charge < -0.3 is 15.3 Å². The fraction of sp³-hybridized carbons (Fsp3) is 0.400.